The standard InChI is InChI=1S/C21H29N5O/c1-22-21(24-12-5-9-18-7-3-2-4-8-18)25-17-19-10-6-11-23-20(19)26-13-15-27-16-14-26/h2-4,6-8,10-11H,5,9,12-17H2,1H3,(H2,22,24,25). The van der Waals surface area contributed by atoms with Gasteiger partial charge in [-0.05, 0) is 24.5 Å². The zero-order valence-corrected chi connectivity index (χ0v) is 16.0. The molecule has 2 aromatic rings. The molecule has 6 nitrogen and oxygen atoms in total. The van der Waals surface area contributed by atoms with Crippen LogP contribution in [0.25, 0.3) is 0 Å². The SMILES string of the molecule is CN=C(NCCCc1ccccc1)NCc1cccnc1N1CCOCC1. The number of nitrogens with one attached hydrogen (secondary N) is 2. The molecule has 1 fully saturated rings. The first-order chi connectivity index (χ1) is 13.4. The van der Waals surface area contributed by atoms with E-state index in [1.165, 1.54) is 11.1 Å². The van der Waals surface area contributed by atoms with E-state index in [2.05, 4.69) is 61.9 Å². The number of nitrogens with zero attached hydrogens (tertiary/aromatic N) is 3. The van der Waals surface area contributed by atoms with Gasteiger partial charge in [0.05, 0.1) is 13.2 Å². The van der Waals surface area contributed by atoms with Crippen molar-refractivity contribution in [3.05, 3.63) is 59.8 Å². The Morgan fingerprint density at radius 1 is 1.11 bits per heavy atom. The van der Waals surface area contributed by atoms with Crippen molar-refractivity contribution in [3.8, 4) is 0 Å². The van der Waals surface area contributed by atoms with E-state index >= 15 is 0 Å². The number of anilines is 1. The molecule has 1 aromatic heterocycles. The van der Waals surface area contributed by atoms with Gasteiger partial charge in [-0.1, -0.05) is 36.4 Å². The third-order valence-electron chi connectivity index (χ3n) is 4.63. The molecular weight excluding hydrogens is 338 g/mol. The number of morpholine rings is 1. The Morgan fingerprint density at radius 2 is 1.93 bits per heavy atom. The van der Waals surface area contributed by atoms with Gasteiger partial charge in [0.1, 0.15) is 5.82 Å². The maximum Gasteiger partial charge on any atom is 0.191 e. The van der Waals surface area contributed by atoms with Crippen molar-refractivity contribution in [2.75, 3.05) is 44.8 Å². The molecule has 2 heterocycles. The van der Waals surface area contributed by atoms with Crippen LogP contribution in [0.15, 0.2) is 53.7 Å². The van der Waals surface area contributed by atoms with Gasteiger partial charge in [0.2, 0.25) is 0 Å². The molecule has 2 N–H and O–H groups in total. The van der Waals surface area contributed by atoms with Crippen molar-refractivity contribution in [2.24, 2.45) is 4.99 Å². The first kappa shape index (κ1) is 19.2. The van der Waals surface area contributed by atoms with E-state index in [9.17, 15) is 0 Å². The van der Waals surface area contributed by atoms with Gasteiger partial charge in [-0.15, -0.1) is 0 Å². The van der Waals surface area contributed by atoms with Crippen LogP contribution in [0.5, 0.6) is 0 Å². The summed E-state index contributed by atoms with van der Waals surface area (Å²) in [7, 11) is 1.80. The predicted molar refractivity (Wildman–Crippen MR) is 110 cm³/mol. The van der Waals surface area contributed by atoms with Crippen LogP contribution < -0.4 is 15.5 Å². The van der Waals surface area contributed by atoms with Crippen LogP contribution in [-0.2, 0) is 17.7 Å². The van der Waals surface area contributed by atoms with Crippen molar-refractivity contribution in [3.63, 3.8) is 0 Å². The molecule has 0 saturated carbocycles. The number of pyridine rings is 1. The molecular formula is C21H29N5O. The summed E-state index contributed by atoms with van der Waals surface area (Å²) < 4.78 is 5.45. The third-order valence-corrected chi connectivity index (χ3v) is 4.63. The molecule has 0 atom stereocenters. The van der Waals surface area contributed by atoms with E-state index in [0.29, 0.717) is 6.54 Å². The van der Waals surface area contributed by atoms with Crippen molar-refractivity contribution in [1.29, 1.82) is 0 Å². The number of guanidine groups is 1. The van der Waals surface area contributed by atoms with Crippen molar-refractivity contribution >= 4 is 11.8 Å². The quantitative estimate of drug-likeness (QED) is 0.446. The van der Waals surface area contributed by atoms with E-state index in [4.69, 9.17) is 4.74 Å². The molecule has 1 aliphatic heterocycles. The summed E-state index contributed by atoms with van der Waals surface area (Å²) in [5.41, 5.74) is 2.54. The highest BCUT2D eigenvalue weighted by Gasteiger charge is 2.15. The predicted octanol–water partition coefficient (Wildman–Crippen LogP) is 2.22. The fourth-order valence-corrected chi connectivity index (χ4v) is 3.17. The molecule has 0 unspecified atom stereocenters. The molecule has 144 valence electrons. The van der Waals surface area contributed by atoms with Crippen molar-refractivity contribution < 1.29 is 4.74 Å². The van der Waals surface area contributed by atoms with E-state index in [1.807, 2.05) is 12.3 Å². The number of aryl methyl sites for hydroxylation is 1. The van der Waals surface area contributed by atoms with Crippen LogP contribution in [0.2, 0.25) is 0 Å². The smallest absolute Gasteiger partial charge is 0.191 e. The first-order valence-corrected chi connectivity index (χ1v) is 9.62. The normalized spacial score (nSPS) is 14.9. The zero-order valence-electron chi connectivity index (χ0n) is 16.0. The van der Waals surface area contributed by atoms with E-state index in [1.54, 1.807) is 7.05 Å². The number of hydrogen-bond acceptors (Lipinski definition) is 4. The van der Waals surface area contributed by atoms with Gasteiger partial charge in [0, 0.05) is 45.0 Å². The lowest BCUT2D eigenvalue weighted by molar-refractivity contribution is 0.122. The Balaban J connectivity index is 1.46. The van der Waals surface area contributed by atoms with Crippen LogP contribution in [0.4, 0.5) is 5.82 Å². The largest absolute Gasteiger partial charge is 0.378 e. The van der Waals surface area contributed by atoms with Crippen molar-refractivity contribution in [1.82, 2.24) is 15.6 Å². The van der Waals surface area contributed by atoms with Crippen LogP contribution >= 0.6 is 0 Å². The molecule has 1 aromatic carbocycles. The summed E-state index contributed by atoms with van der Waals surface area (Å²) in [6.07, 6.45) is 3.98. The fraction of sp³-hybridized carbons (Fsp3) is 0.429. The highest BCUT2D eigenvalue weighted by Crippen LogP contribution is 2.18. The highest BCUT2D eigenvalue weighted by atomic mass is 16.5. The van der Waals surface area contributed by atoms with Crippen LogP contribution in [0.3, 0.4) is 0 Å². The molecule has 3 rings (SSSR count). The first-order valence-electron chi connectivity index (χ1n) is 9.62. The molecule has 0 aliphatic carbocycles. The molecule has 0 spiro atoms. The average molecular weight is 367 g/mol. The molecule has 27 heavy (non-hydrogen) atoms. The van der Waals surface area contributed by atoms with Crippen molar-refractivity contribution in [2.45, 2.75) is 19.4 Å². The van der Waals surface area contributed by atoms with Crippen LogP contribution in [-0.4, -0.2) is 50.8 Å². The second-order valence-corrected chi connectivity index (χ2v) is 6.53. The summed E-state index contributed by atoms with van der Waals surface area (Å²) in [5.74, 6) is 1.85. The van der Waals surface area contributed by atoms with Gasteiger partial charge >= 0.3 is 0 Å². The average Bonchev–Trinajstić information content (AvgIpc) is 2.75. The fourth-order valence-electron chi connectivity index (χ4n) is 3.17. The third kappa shape index (κ3) is 5.96. The minimum Gasteiger partial charge on any atom is -0.378 e. The van der Waals surface area contributed by atoms with Gasteiger partial charge in [-0.25, -0.2) is 4.98 Å². The van der Waals surface area contributed by atoms with Crippen LogP contribution in [0.1, 0.15) is 17.5 Å². The van der Waals surface area contributed by atoms with Crippen LogP contribution in [0, 0.1) is 0 Å². The monoisotopic (exact) mass is 367 g/mol. The lowest BCUT2D eigenvalue weighted by atomic mass is 10.1. The minimum absolute atomic E-state index is 0.693. The number of rotatable bonds is 7. The molecule has 1 aliphatic rings. The summed E-state index contributed by atoms with van der Waals surface area (Å²) in [6, 6.07) is 14.7. The number of benzene rings is 1. The zero-order chi connectivity index (χ0) is 18.7. The Bertz CT molecular complexity index is 714. The molecule has 6 heteroatoms. The Hall–Kier alpha value is -2.60. The van der Waals surface area contributed by atoms with Gasteiger partial charge in [-0.2, -0.15) is 0 Å². The molecule has 0 bridgehead atoms. The lowest BCUT2D eigenvalue weighted by Gasteiger charge is -2.29. The number of aliphatic imine (C=N–C) groups is 1. The topological polar surface area (TPSA) is 61.8 Å². The van der Waals surface area contributed by atoms with Gasteiger partial charge in [0.25, 0.3) is 0 Å². The number of ether oxygens (including phenoxy) is 1. The van der Waals surface area contributed by atoms with E-state index in [-0.39, 0.29) is 0 Å². The second kappa shape index (κ2) is 10.5. The van der Waals surface area contributed by atoms with Gasteiger partial charge in [-0.3, -0.25) is 4.99 Å². The maximum absolute atomic E-state index is 5.45. The summed E-state index contributed by atoms with van der Waals surface area (Å²) in [4.78, 5) is 11.2. The lowest BCUT2D eigenvalue weighted by Crippen LogP contribution is -2.39. The van der Waals surface area contributed by atoms with E-state index in [0.717, 1.165) is 57.5 Å². The maximum atomic E-state index is 5.45. The van der Waals surface area contributed by atoms with E-state index < -0.39 is 0 Å². The highest BCUT2D eigenvalue weighted by molar-refractivity contribution is 5.79. The Kier molecular flexibility index (Phi) is 7.47. The Morgan fingerprint density at radius 3 is 2.70 bits per heavy atom. The summed E-state index contributed by atoms with van der Waals surface area (Å²) in [5, 5.41) is 6.80. The minimum atomic E-state index is 0.693. The van der Waals surface area contributed by atoms with Gasteiger partial charge < -0.3 is 20.3 Å². The Labute approximate surface area is 161 Å². The molecule has 0 amide bonds. The summed E-state index contributed by atoms with van der Waals surface area (Å²) >= 11 is 0. The number of aromatic nitrogens is 1. The van der Waals surface area contributed by atoms with Gasteiger partial charge in [0.15, 0.2) is 5.96 Å². The summed E-state index contributed by atoms with van der Waals surface area (Å²) in [6.45, 7) is 4.87. The molecule has 0 radical (unpaired) electrons. The molecule has 1 saturated heterocycles. The second-order valence-electron chi connectivity index (χ2n) is 6.53. The number of hydrogen-bond donors (Lipinski definition) is 2.